The van der Waals surface area contributed by atoms with Crippen LogP contribution >= 0.6 is 0 Å². The van der Waals surface area contributed by atoms with Gasteiger partial charge in [0.05, 0.1) is 18.4 Å². The van der Waals surface area contributed by atoms with Gasteiger partial charge in [-0.05, 0) is 69.7 Å². The number of rotatable bonds is 14. The van der Waals surface area contributed by atoms with Gasteiger partial charge in [0.15, 0.2) is 0 Å². The highest BCUT2D eigenvalue weighted by molar-refractivity contribution is 6.76. The third kappa shape index (κ3) is 11.5. The molecule has 0 fully saturated rings. The van der Waals surface area contributed by atoms with Crippen LogP contribution < -0.4 is 0 Å². The number of aryl methyl sites for hydroxylation is 1. The average Bonchev–Trinajstić information content (AvgIpc) is 2.82. The molecule has 0 aliphatic carbocycles. The second-order valence-corrected chi connectivity index (χ2v) is 18.1. The van der Waals surface area contributed by atoms with Gasteiger partial charge in [-0.15, -0.1) is 0 Å². The molecule has 0 spiro atoms. The quantitative estimate of drug-likeness (QED) is 0.177. The van der Waals surface area contributed by atoms with Crippen molar-refractivity contribution in [3.8, 4) is 11.1 Å². The molecule has 0 amide bonds. The molecule has 0 bridgehead atoms. The van der Waals surface area contributed by atoms with Gasteiger partial charge in [-0.2, -0.15) is 0 Å². The number of hydrogen-bond donors (Lipinski definition) is 0. The van der Waals surface area contributed by atoms with Crippen LogP contribution in [0.5, 0.6) is 0 Å². The summed E-state index contributed by atoms with van der Waals surface area (Å²) in [4.78, 5) is 26.3. The highest BCUT2D eigenvalue weighted by Crippen LogP contribution is 2.28. The zero-order chi connectivity index (χ0) is 28.3. The van der Waals surface area contributed by atoms with Crippen LogP contribution in [0.3, 0.4) is 0 Å². The molecule has 2 atom stereocenters. The third-order valence-corrected chi connectivity index (χ3v) is 8.27. The molecule has 2 aromatic rings. The van der Waals surface area contributed by atoms with E-state index >= 15 is 0 Å². The lowest BCUT2D eigenvalue weighted by molar-refractivity contribution is -0.162. The summed E-state index contributed by atoms with van der Waals surface area (Å²) in [5.41, 5.74) is 1.87. The summed E-state index contributed by atoms with van der Waals surface area (Å²) in [6, 6.07) is 15.4. The Morgan fingerprint density at radius 1 is 0.921 bits per heavy atom. The first-order chi connectivity index (χ1) is 17.8. The molecule has 0 aromatic heterocycles. The number of carbonyl (C=O) groups excluding carboxylic acids is 2. The fourth-order valence-electron chi connectivity index (χ4n) is 4.31. The molecule has 210 valence electrons. The van der Waals surface area contributed by atoms with Gasteiger partial charge >= 0.3 is 11.9 Å². The lowest BCUT2D eigenvalue weighted by Crippen LogP contribution is -2.32. The van der Waals surface area contributed by atoms with Crippen molar-refractivity contribution < 1.29 is 23.5 Å². The van der Waals surface area contributed by atoms with E-state index in [9.17, 15) is 14.0 Å². The predicted octanol–water partition coefficient (Wildman–Crippen LogP) is 8.46. The molecule has 2 aromatic carbocycles. The molecule has 0 aliphatic rings. The van der Waals surface area contributed by atoms with Gasteiger partial charge < -0.3 is 9.47 Å². The molecule has 0 aliphatic heterocycles. The van der Waals surface area contributed by atoms with Crippen molar-refractivity contribution in [2.45, 2.75) is 97.5 Å². The van der Waals surface area contributed by atoms with Crippen molar-refractivity contribution in [1.82, 2.24) is 0 Å². The van der Waals surface area contributed by atoms with E-state index in [4.69, 9.17) is 9.47 Å². The highest BCUT2D eigenvalue weighted by atomic mass is 28.3. The summed E-state index contributed by atoms with van der Waals surface area (Å²) >= 11 is 0. The van der Waals surface area contributed by atoms with Crippen LogP contribution in [0.25, 0.3) is 11.1 Å². The van der Waals surface area contributed by atoms with Gasteiger partial charge in [-0.3, -0.25) is 9.59 Å². The van der Waals surface area contributed by atoms with Crippen molar-refractivity contribution >= 4 is 20.0 Å². The third-order valence-electron chi connectivity index (χ3n) is 6.57. The van der Waals surface area contributed by atoms with E-state index in [0.717, 1.165) is 30.0 Å². The van der Waals surface area contributed by atoms with Crippen LogP contribution in [-0.2, 0) is 25.5 Å². The molecule has 0 unspecified atom stereocenters. The van der Waals surface area contributed by atoms with Gasteiger partial charge in [-0.25, -0.2) is 4.39 Å². The Balaban J connectivity index is 2.16. The average molecular weight is 543 g/mol. The Morgan fingerprint density at radius 2 is 1.55 bits per heavy atom. The fraction of sp³-hybridized carbons (Fsp3) is 0.562. The lowest BCUT2D eigenvalue weighted by Gasteiger charge is -2.26. The minimum absolute atomic E-state index is 0.226. The molecule has 4 nitrogen and oxygen atoms in total. The molecule has 0 saturated carbocycles. The lowest BCUT2D eigenvalue weighted by atomic mass is 9.86. The van der Waals surface area contributed by atoms with E-state index in [2.05, 4.69) is 26.6 Å². The van der Waals surface area contributed by atoms with Crippen molar-refractivity contribution in [2.24, 2.45) is 11.8 Å². The molecule has 0 N–H and O–H groups in total. The summed E-state index contributed by atoms with van der Waals surface area (Å²) in [7, 11) is -1.34. The Bertz CT molecular complexity index is 1020. The minimum Gasteiger partial charge on any atom is -0.466 e. The Morgan fingerprint density at radius 3 is 2.13 bits per heavy atom. The van der Waals surface area contributed by atoms with Crippen molar-refractivity contribution in [3.05, 3.63) is 59.9 Å². The summed E-state index contributed by atoms with van der Waals surface area (Å²) in [6.45, 7) is 14.9. The maximum Gasteiger partial charge on any atom is 0.309 e. The van der Waals surface area contributed by atoms with E-state index < -0.39 is 19.6 Å². The second kappa shape index (κ2) is 14.6. The number of carbonyl (C=O) groups is 2. The van der Waals surface area contributed by atoms with Crippen molar-refractivity contribution in [3.63, 3.8) is 0 Å². The molecule has 38 heavy (non-hydrogen) atoms. The first-order valence-electron chi connectivity index (χ1n) is 14.0. The SMILES string of the molecule is CCCC[C@@H](C[C@@H](CCc1ccc(-c2ccccc2F)cc1)C(=O)OCC[Si](C)(C)C)C(=O)OC(C)(C)C. The smallest absolute Gasteiger partial charge is 0.309 e. The van der Waals surface area contributed by atoms with Crippen LogP contribution in [0.4, 0.5) is 4.39 Å². The van der Waals surface area contributed by atoms with E-state index in [1.54, 1.807) is 12.1 Å². The zero-order valence-corrected chi connectivity index (χ0v) is 25.4. The molecule has 2 rings (SSSR count). The molecule has 6 heteroatoms. The standard InChI is InChI=1S/C32H47FO4Si/c1-8-9-12-26(31(35)37-32(2,3)4)23-27(30(34)36-21-22-38(5,6)7)20-17-24-15-18-25(19-16-24)28-13-10-11-14-29(28)33/h10-11,13-16,18-19,26-27H,8-9,12,17,20-23H2,1-7H3/t26-,27+/m0/s1. The van der Waals surface area contributed by atoms with Gasteiger partial charge in [0.25, 0.3) is 0 Å². The largest absolute Gasteiger partial charge is 0.466 e. The molecule has 0 saturated heterocycles. The topological polar surface area (TPSA) is 52.6 Å². The van der Waals surface area contributed by atoms with Crippen molar-refractivity contribution in [1.29, 1.82) is 0 Å². The summed E-state index contributed by atoms with van der Waals surface area (Å²) in [5, 5.41) is 0. The Kier molecular flexibility index (Phi) is 12.2. The number of hydrogen-bond acceptors (Lipinski definition) is 4. The maximum absolute atomic E-state index is 14.2. The fourth-order valence-corrected chi connectivity index (χ4v) is 5.02. The number of unbranched alkanes of at least 4 members (excludes halogenated alkanes) is 1. The molecular formula is C32H47FO4Si. The number of esters is 2. The zero-order valence-electron chi connectivity index (χ0n) is 24.4. The minimum atomic E-state index is -1.34. The number of benzene rings is 2. The molecule has 0 radical (unpaired) electrons. The van der Waals surface area contributed by atoms with Crippen LogP contribution in [0.2, 0.25) is 25.7 Å². The van der Waals surface area contributed by atoms with Crippen LogP contribution in [0, 0.1) is 17.7 Å². The van der Waals surface area contributed by atoms with Gasteiger partial charge in [-0.1, -0.05) is 81.9 Å². The van der Waals surface area contributed by atoms with Crippen LogP contribution in [0.15, 0.2) is 48.5 Å². The molecular weight excluding hydrogens is 495 g/mol. The van der Waals surface area contributed by atoms with Gasteiger partial charge in [0.1, 0.15) is 11.4 Å². The maximum atomic E-state index is 14.2. The van der Waals surface area contributed by atoms with Gasteiger partial charge in [0, 0.05) is 13.6 Å². The van der Waals surface area contributed by atoms with Crippen LogP contribution in [-0.4, -0.2) is 32.2 Å². The highest BCUT2D eigenvalue weighted by Gasteiger charge is 2.31. The Hall–Kier alpha value is -2.47. The van der Waals surface area contributed by atoms with Crippen LogP contribution in [0.1, 0.15) is 65.4 Å². The summed E-state index contributed by atoms with van der Waals surface area (Å²) < 4.78 is 25.6. The predicted molar refractivity (Wildman–Crippen MR) is 156 cm³/mol. The van der Waals surface area contributed by atoms with Gasteiger partial charge in [0.2, 0.25) is 0 Å². The van der Waals surface area contributed by atoms with E-state index in [1.807, 2.05) is 51.1 Å². The van der Waals surface area contributed by atoms with E-state index in [1.165, 1.54) is 6.07 Å². The summed E-state index contributed by atoms with van der Waals surface area (Å²) in [6.07, 6.45) is 4.24. The first kappa shape index (κ1) is 31.7. The number of halogens is 1. The second-order valence-electron chi connectivity index (χ2n) is 12.5. The van der Waals surface area contributed by atoms with Crippen molar-refractivity contribution in [2.75, 3.05) is 6.61 Å². The van der Waals surface area contributed by atoms with E-state index in [0.29, 0.717) is 37.9 Å². The molecule has 0 heterocycles. The van der Waals surface area contributed by atoms with E-state index in [-0.39, 0.29) is 23.7 Å². The monoisotopic (exact) mass is 542 g/mol. The number of ether oxygens (including phenoxy) is 2. The normalized spacial score (nSPS) is 13.6. The first-order valence-corrected chi connectivity index (χ1v) is 17.7. The Labute approximate surface area is 230 Å². The summed E-state index contributed by atoms with van der Waals surface area (Å²) in [5.74, 6) is -1.44.